The van der Waals surface area contributed by atoms with Crippen molar-refractivity contribution >= 4 is 5.91 Å². The summed E-state index contributed by atoms with van der Waals surface area (Å²) in [6.07, 6.45) is -0.379. The monoisotopic (exact) mass is 243 g/mol. The zero-order valence-electron chi connectivity index (χ0n) is 11.1. The number of carbonyl (C=O) groups excluding carboxylic acids is 1. The van der Waals surface area contributed by atoms with Crippen LogP contribution < -0.4 is 5.32 Å². The van der Waals surface area contributed by atoms with E-state index in [4.69, 9.17) is 0 Å². The van der Waals surface area contributed by atoms with Crippen molar-refractivity contribution in [3.63, 3.8) is 0 Å². The first kappa shape index (κ1) is 14.4. The number of hydrogen-bond donors (Lipinski definition) is 2. The Morgan fingerprint density at radius 3 is 2.41 bits per heavy atom. The summed E-state index contributed by atoms with van der Waals surface area (Å²) in [4.78, 5) is 15.9. The van der Waals surface area contributed by atoms with Crippen LogP contribution in [-0.4, -0.2) is 73.2 Å². The number of carbonyl (C=O) groups is 1. The molecular formula is C12H25N3O2. The number of hydrogen-bond acceptors (Lipinski definition) is 4. The maximum absolute atomic E-state index is 11.8. The molecule has 1 fully saturated rings. The zero-order chi connectivity index (χ0) is 12.8. The predicted molar refractivity (Wildman–Crippen MR) is 67.8 cm³/mol. The highest BCUT2D eigenvalue weighted by molar-refractivity contribution is 5.78. The number of nitrogens with one attached hydrogen (secondary N) is 1. The number of amides is 1. The van der Waals surface area contributed by atoms with Gasteiger partial charge in [0, 0.05) is 32.7 Å². The molecule has 0 saturated carbocycles. The van der Waals surface area contributed by atoms with Crippen LogP contribution in [0.2, 0.25) is 0 Å². The summed E-state index contributed by atoms with van der Waals surface area (Å²) in [6.45, 7) is 8.25. The van der Waals surface area contributed by atoms with Crippen LogP contribution in [0, 0.1) is 5.92 Å². The smallest absolute Gasteiger partial charge is 0.236 e. The summed E-state index contributed by atoms with van der Waals surface area (Å²) in [5.41, 5.74) is 0. The Kier molecular flexibility index (Phi) is 5.88. The van der Waals surface area contributed by atoms with Gasteiger partial charge in [-0.3, -0.25) is 4.79 Å². The van der Waals surface area contributed by atoms with Gasteiger partial charge in [0.25, 0.3) is 0 Å². The Bertz CT molecular complexity index is 238. The first-order chi connectivity index (χ1) is 8.00. The average molecular weight is 243 g/mol. The largest absolute Gasteiger partial charge is 0.392 e. The molecule has 17 heavy (non-hydrogen) atoms. The van der Waals surface area contributed by atoms with Gasteiger partial charge in [-0.1, -0.05) is 13.8 Å². The molecule has 1 aliphatic rings. The van der Waals surface area contributed by atoms with E-state index in [1.165, 1.54) is 0 Å². The fraction of sp³-hybridized carbons (Fsp3) is 0.917. The minimum Gasteiger partial charge on any atom is -0.392 e. The van der Waals surface area contributed by atoms with Crippen molar-refractivity contribution in [2.45, 2.75) is 20.0 Å². The summed E-state index contributed by atoms with van der Waals surface area (Å²) in [6, 6.07) is 0. The molecule has 1 saturated heterocycles. The van der Waals surface area contributed by atoms with Crippen LogP contribution >= 0.6 is 0 Å². The average Bonchev–Trinajstić information content (AvgIpc) is 2.29. The minimum absolute atomic E-state index is 0.133. The lowest BCUT2D eigenvalue weighted by atomic mass is 10.1. The number of nitrogens with zero attached hydrogens (tertiary/aromatic N) is 2. The third-order valence-electron chi connectivity index (χ3n) is 3.26. The highest BCUT2D eigenvalue weighted by atomic mass is 16.3. The van der Waals surface area contributed by atoms with Gasteiger partial charge in [0.05, 0.1) is 12.6 Å². The summed E-state index contributed by atoms with van der Waals surface area (Å²) >= 11 is 0. The molecule has 1 heterocycles. The highest BCUT2D eigenvalue weighted by Crippen LogP contribution is 2.00. The van der Waals surface area contributed by atoms with Crippen molar-refractivity contribution in [1.29, 1.82) is 0 Å². The molecule has 0 bridgehead atoms. The van der Waals surface area contributed by atoms with Crippen molar-refractivity contribution in [3.8, 4) is 0 Å². The van der Waals surface area contributed by atoms with Crippen LogP contribution in [-0.2, 0) is 4.79 Å². The number of rotatable bonds is 5. The topological polar surface area (TPSA) is 55.8 Å². The van der Waals surface area contributed by atoms with Gasteiger partial charge in [-0.05, 0) is 13.0 Å². The van der Waals surface area contributed by atoms with Gasteiger partial charge in [0.2, 0.25) is 5.91 Å². The van der Waals surface area contributed by atoms with Crippen LogP contribution in [0.4, 0.5) is 0 Å². The fourth-order valence-electron chi connectivity index (χ4n) is 1.73. The van der Waals surface area contributed by atoms with E-state index in [1.54, 1.807) is 0 Å². The summed E-state index contributed by atoms with van der Waals surface area (Å²) in [5, 5.41) is 12.6. The molecule has 5 nitrogen and oxygen atoms in total. The van der Waals surface area contributed by atoms with E-state index in [0.717, 1.165) is 26.2 Å². The highest BCUT2D eigenvalue weighted by Gasteiger charge is 2.18. The minimum atomic E-state index is -0.379. The molecule has 0 radical (unpaired) electrons. The Morgan fingerprint density at radius 2 is 1.88 bits per heavy atom. The standard InChI is InChI=1S/C12H25N3O2/c1-10(2)11(16)8-13-9-12(17)15-6-4-14(3)5-7-15/h10-11,13,16H,4-9H2,1-3H3. The van der Waals surface area contributed by atoms with E-state index >= 15 is 0 Å². The van der Waals surface area contributed by atoms with Gasteiger partial charge >= 0.3 is 0 Å². The van der Waals surface area contributed by atoms with Crippen molar-refractivity contribution in [2.75, 3.05) is 46.3 Å². The molecule has 0 aromatic rings. The lowest BCUT2D eigenvalue weighted by Crippen LogP contribution is -2.50. The number of aliphatic hydroxyl groups excluding tert-OH is 1. The molecule has 0 aliphatic carbocycles. The summed E-state index contributed by atoms with van der Waals surface area (Å²) in [5.74, 6) is 0.357. The number of aliphatic hydroxyl groups is 1. The molecule has 0 spiro atoms. The maximum Gasteiger partial charge on any atom is 0.236 e. The van der Waals surface area contributed by atoms with Crippen molar-refractivity contribution < 1.29 is 9.90 Å². The fourth-order valence-corrected chi connectivity index (χ4v) is 1.73. The van der Waals surface area contributed by atoms with Gasteiger partial charge < -0.3 is 20.2 Å². The molecular weight excluding hydrogens is 218 g/mol. The number of piperazine rings is 1. The predicted octanol–water partition coefficient (Wildman–Crippen LogP) is -0.633. The quantitative estimate of drug-likeness (QED) is 0.675. The lowest BCUT2D eigenvalue weighted by molar-refractivity contribution is -0.131. The van der Waals surface area contributed by atoms with Crippen LogP contribution in [0.25, 0.3) is 0 Å². The summed E-state index contributed by atoms with van der Waals surface area (Å²) in [7, 11) is 2.07. The van der Waals surface area contributed by atoms with E-state index in [9.17, 15) is 9.90 Å². The molecule has 1 amide bonds. The van der Waals surface area contributed by atoms with Gasteiger partial charge in [0.15, 0.2) is 0 Å². The van der Waals surface area contributed by atoms with Gasteiger partial charge in [-0.25, -0.2) is 0 Å². The second-order valence-electron chi connectivity index (χ2n) is 5.13. The Labute approximate surface area is 104 Å². The molecule has 2 N–H and O–H groups in total. The van der Waals surface area contributed by atoms with Crippen LogP contribution in [0.1, 0.15) is 13.8 Å². The van der Waals surface area contributed by atoms with E-state index in [1.807, 2.05) is 18.7 Å². The van der Waals surface area contributed by atoms with Gasteiger partial charge in [-0.2, -0.15) is 0 Å². The Balaban J connectivity index is 2.17. The van der Waals surface area contributed by atoms with E-state index in [-0.39, 0.29) is 17.9 Å². The van der Waals surface area contributed by atoms with E-state index in [2.05, 4.69) is 17.3 Å². The van der Waals surface area contributed by atoms with Gasteiger partial charge in [-0.15, -0.1) is 0 Å². The van der Waals surface area contributed by atoms with E-state index < -0.39 is 0 Å². The van der Waals surface area contributed by atoms with E-state index in [0.29, 0.717) is 13.1 Å². The molecule has 1 rings (SSSR count). The van der Waals surface area contributed by atoms with Crippen LogP contribution in [0.5, 0.6) is 0 Å². The normalized spacial score (nSPS) is 19.7. The zero-order valence-corrected chi connectivity index (χ0v) is 11.1. The second kappa shape index (κ2) is 6.93. The molecule has 0 aromatic carbocycles. The third-order valence-corrected chi connectivity index (χ3v) is 3.26. The maximum atomic E-state index is 11.8. The molecule has 1 aliphatic heterocycles. The van der Waals surface area contributed by atoms with Gasteiger partial charge in [0.1, 0.15) is 0 Å². The summed E-state index contributed by atoms with van der Waals surface area (Å²) < 4.78 is 0. The Hall–Kier alpha value is -0.650. The first-order valence-corrected chi connectivity index (χ1v) is 6.35. The van der Waals surface area contributed by atoms with Crippen LogP contribution in [0.15, 0.2) is 0 Å². The van der Waals surface area contributed by atoms with Crippen LogP contribution in [0.3, 0.4) is 0 Å². The first-order valence-electron chi connectivity index (χ1n) is 6.35. The molecule has 0 aromatic heterocycles. The van der Waals surface area contributed by atoms with Crippen molar-refractivity contribution in [3.05, 3.63) is 0 Å². The number of likely N-dealkylation sites (N-methyl/N-ethyl adjacent to an activating group) is 1. The molecule has 1 unspecified atom stereocenters. The molecule has 5 heteroatoms. The Morgan fingerprint density at radius 1 is 1.29 bits per heavy atom. The SMILES string of the molecule is CC(C)C(O)CNCC(=O)N1CCN(C)CC1. The molecule has 1 atom stereocenters. The second-order valence-corrected chi connectivity index (χ2v) is 5.13. The third kappa shape index (κ3) is 5.02. The van der Waals surface area contributed by atoms with Crippen molar-refractivity contribution in [1.82, 2.24) is 15.1 Å². The van der Waals surface area contributed by atoms with Crippen molar-refractivity contribution in [2.24, 2.45) is 5.92 Å². The molecule has 100 valence electrons. The lowest BCUT2D eigenvalue weighted by Gasteiger charge is -2.32.